The van der Waals surface area contributed by atoms with Crippen LogP contribution in [0.3, 0.4) is 0 Å². The summed E-state index contributed by atoms with van der Waals surface area (Å²) in [5.41, 5.74) is 7.83. The summed E-state index contributed by atoms with van der Waals surface area (Å²) in [7, 11) is 0. The zero-order chi connectivity index (χ0) is 14.0. The van der Waals surface area contributed by atoms with E-state index in [1.165, 1.54) is 12.1 Å². The monoisotopic (exact) mass is 389 g/mol. The van der Waals surface area contributed by atoms with Gasteiger partial charge in [-0.25, -0.2) is 8.78 Å². The molecule has 0 saturated carbocycles. The quantitative estimate of drug-likeness (QED) is 0.805. The Morgan fingerprint density at radius 1 is 0.947 bits per heavy atom. The lowest BCUT2D eigenvalue weighted by atomic mass is 10.00. The first-order chi connectivity index (χ1) is 8.97. The molecule has 0 radical (unpaired) electrons. The van der Waals surface area contributed by atoms with Crippen molar-refractivity contribution in [3.63, 3.8) is 0 Å². The summed E-state index contributed by atoms with van der Waals surface area (Å²) in [6.07, 6.45) is 0.553. The average molecular weight is 391 g/mol. The van der Waals surface area contributed by atoms with E-state index in [9.17, 15) is 8.78 Å². The van der Waals surface area contributed by atoms with Gasteiger partial charge in [-0.2, -0.15) is 0 Å². The summed E-state index contributed by atoms with van der Waals surface area (Å²) >= 11 is 6.27. The minimum Gasteiger partial charge on any atom is -0.324 e. The number of rotatable bonds is 3. The number of hydrogen-bond donors (Lipinski definition) is 1. The summed E-state index contributed by atoms with van der Waals surface area (Å²) in [6.45, 7) is 0. The van der Waals surface area contributed by atoms with Crippen LogP contribution in [0.4, 0.5) is 8.78 Å². The van der Waals surface area contributed by atoms with Crippen LogP contribution in [-0.2, 0) is 6.42 Å². The van der Waals surface area contributed by atoms with Crippen LogP contribution in [0.5, 0.6) is 0 Å². The molecule has 5 heteroatoms. The third-order valence-corrected chi connectivity index (χ3v) is 4.03. The first-order valence-corrected chi connectivity index (χ1v) is 7.20. The normalized spacial score (nSPS) is 12.5. The molecule has 1 unspecified atom stereocenters. The molecule has 0 aliphatic heterocycles. The molecule has 0 heterocycles. The molecule has 0 fully saturated rings. The zero-order valence-corrected chi connectivity index (χ0v) is 13.0. The van der Waals surface area contributed by atoms with Crippen molar-refractivity contribution in [2.75, 3.05) is 0 Å². The minimum absolute atomic E-state index is 0.269. The van der Waals surface area contributed by atoms with Gasteiger partial charge < -0.3 is 5.73 Å². The van der Waals surface area contributed by atoms with Crippen molar-refractivity contribution < 1.29 is 8.78 Å². The maximum absolute atomic E-state index is 13.2. The molecular formula is C14H11Br2F2N. The van der Waals surface area contributed by atoms with Gasteiger partial charge in [-0.15, -0.1) is 0 Å². The molecule has 19 heavy (non-hydrogen) atoms. The molecule has 0 spiro atoms. The molecule has 0 aliphatic carbocycles. The van der Waals surface area contributed by atoms with Crippen molar-refractivity contribution in [3.8, 4) is 0 Å². The summed E-state index contributed by atoms with van der Waals surface area (Å²) in [5, 5.41) is 0. The van der Waals surface area contributed by atoms with Gasteiger partial charge >= 0.3 is 0 Å². The topological polar surface area (TPSA) is 26.0 Å². The van der Waals surface area contributed by atoms with Gasteiger partial charge in [0.25, 0.3) is 0 Å². The van der Waals surface area contributed by atoms with E-state index >= 15 is 0 Å². The highest BCUT2D eigenvalue weighted by atomic mass is 79.9. The third-order valence-electron chi connectivity index (χ3n) is 2.81. The van der Waals surface area contributed by atoms with Crippen LogP contribution in [0.1, 0.15) is 17.2 Å². The molecule has 1 nitrogen and oxygen atoms in total. The molecule has 0 bridgehead atoms. The van der Waals surface area contributed by atoms with E-state index in [2.05, 4.69) is 31.9 Å². The van der Waals surface area contributed by atoms with E-state index in [1.807, 2.05) is 0 Å². The van der Waals surface area contributed by atoms with E-state index in [0.717, 1.165) is 11.1 Å². The summed E-state index contributed by atoms with van der Waals surface area (Å²) in [5.74, 6) is -0.623. The van der Waals surface area contributed by atoms with Gasteiger partial charge in [-0.3, -0.25) is 0 Å². The highest BCUT2D eigenvalue weighted by Crippen LogP contribution is 2.24. The van der Waals surface area contributed by atoms with Crippen LogP contribution in [0.25, 0.3) is 0 Å². The Hall–Kier alpha value is -0.780. The predicted molar refractivity (Wildman–Crippen MR) is 78.8 cm³/mol. The molecule has 0 aromatic heterocycles. The van der Waals surface area contributed by atoms with Gasteiger partial charge in [0.05, 0.1) is 8.95 Å². The standard InChI is InChI=1S/C14H11Br2F2N/c15-10-5-8(1-3-12(10)17)6-14(19)9-2-4-13(18)11(16)7-9/h1-5,7,14H,6,19H2. The smallest absolute Gasteiger partial charge is 0.137 e. The van der Waals surface area contributed by atoms with Crippen molar-refractivity contribution in [3.05, 3.63) is 68.1 Å². The largest absolute Gasteiger partial charge is 0.324 e. The fourth-order valence-electron chi connectivity index (χ4n) is 1.78. The fraction of sp³-hybridized carbons (Fsp3) is 0.143. The van der Waals surface area contributed by atoms with Crippen molar-refractivity contribution >= 4 is 31.9 Å². The highest BCUT2D eigenvalue weighted by Gasteiger charge is 2.10. The first kappa shape index (κ1) is 14.6. The minimum atomic E-state index is -0.319. The number of nitrogens with two attached hydrogens (primary N) is 1. The average Bonchev–Trinajstić information content (AvgIpc) is 2.37. The Labute approximate surface area is 127 Å². The predicted octanol–water partition coefficient (Wildman–Crippen LogP) is 4.73. The van der Waals surface area contributed by atoms with E-state index < -0.39 is 0 Å². The molecule has 0 aliphatic rings. The molecule has 2 aromatic carbocycles. The van der Waals surface area contributed by atoms with Crippen molar-refractivity contribution in [2.24, 2.45) is 5.73 Å². The van der Waals surface area contributed by atoms with Crippen LogP contribution < -0.4 is 5.73 Å². The molecule has 100 valence electrons. The van der Waals surface area contributed by atoms with E-state index in [1.54, 1.807) is 24.3 Å². The van der Waals surface area contributed by atoms with E-state index in [-0.39, 0.29) is 17.7 Å². The van der Waals surface area contributed by atoms with Crippen molar-refractivity contribution in [1.82, 2.24) is 0 Å². The second kappa shape index (κ2) is 6.11. The summed E-state index contributed by atoms with van der Waals surface area (Å²) in [6, 6.07) is 9.22. The first-order valence-electron chi connectivity index (χ1n) is 5.62. The maximum Gasteiger partial charge on any atom is 0.137 e. The van der Waals surface area contributed by atoms with Crippen molar-refractivity contribution in [1.29, 1.82) is 0 Å². The van der Waals surface area contributed by atoms with Gasteiger partial charge in [0.1, 0.15) is 11.6 Å². The Kier molecular flexibility index (Phi) is 4.71. The molecule has 2 N–H and O–H groups in total. The SMILES string of the molecule is NC(Cc1ccc(F)c(Br)c1)c1ccc(F)c(Br)c1. The van der Waals surface area contributed by atoms with Gasteiger partial charge in [-0.05, 0) is 73.7 Å². The number of hydrogen-bond acceptors (Lipinski definition) is 1. The lowest BCUT2D eigenvalue weighted by Gasteiger charge is -2.13. The van der Waals surface area contributed by atoms with Crippen molar-refractivity contribution in [2.45, 2.75) is 12.5 Å². The maximum atomic E-state index is 13.2. The Morgan fingerprint density at radius 2 is 1.53 bits per heavy atom. The van der Waals surface area contributed by atoms with E-state index in [0.29, 0.717) is 15.4 Å². The third kappa shape index (κ3) is 3.61. The molecule has 2 rings (SSSR count). The second-order valence-corrected chi connectivity index (χ2v) is 5.94. The Balaban J connectivity index is 2.17. The van der Waals surface area contributed by atoms with Crippen LogP contribution in [0, 0.1) is 11.6 Å². The van der Waals surface area contributed by atoms with Crippen LogP contribution in [0.2, 0.25) is 0 Å². The van der Waals surface area contributed by atoms with Gasteiger partial charge in [0.15, 0.2) is 0 Å². The number of benzene rings is 2. The molecule has 2 aromatic rings. The lowest BCUT2D eigenvalue weighted by Crippen LogP contribution is -2.13. The lowest BCUT2D eigenvalue weighted by molar-refractivity contribution is 0.615. The summed E-state index contributed by atoms with van der Waals surface area (Å²) in [4.78, 5) is 0. The fourth-order valence-corrected chi connectivity index (χ4v) is 2.60. The molecule has 0 amide bonds. The Bertz CT molecular complexity index is 602. The van der Waals surface area contributed by atoms with Gasteiger partial charge in [0.2, 0.25) is 0 Å². The Morgan fingerprint density at radius 3 is 2.11 bits per heavy atom. The molecule has 1 atom stereocenters. The zero-order valence-electron chi connectivity index (χ0n) is 9.84. The summed E-state index contributed by atoms with van der Waals surface area (Å²) < 4.78 is 27.1. The molecule has 0 saturated heterocycles. The van der Waals surface area contributed by atoms with Crippen LogP contribution >= 0.6 is 31.9 Å². The van der Waals surface area contributed by atoms with Crippen LogP contribution in [0.15, 0.2) is 45.3 Å². The van der Waals surface area contributed by atoms with E-state index in [4.69, 9.17) is 5.73 Å². The molecular weight excluding hydrogens is 380 g/mol. The highest BCUT2D eigenvalue weighted by molar-refractivity contribution is 9.10. The van der Waals surface area contributed by atoms with Gasteiger partial charge in [-0.1, -0.05) is 12.1 Å². The van der Waals surface area contributed by atoms with Gasteiger partial charge in [0, 0.05) is 6.04 Å². The van der Waals surface area contributed by atoms with Crippen LogP contribution in [-0.4, -0.2) is 0 Å². The second-order valence-electron chi connectivity index (χ2n) is 4.23. The number of halogens is 4.